The lowest BCUT2D eigenvalue weighted by Crippen LogP contribution is -2.64. The van der Waals surface area contributed by atoms with Gasteiger partial charge < -0.3 is 65.4 Å². The van der Waals surface area contributed by atoms with Crippen LogP contribution >= 0.6 is 0 Å². The van der Waals surface area contributed by atoms with Crippen molar-refractivity contribution in [2.75, 3.05) is 62.5 Å². The summed E-state index contributed by atoms with van der Waals surface area (Å²) in [6.07, 6.45) is -1.30. The Morgan fingerprint density at radius 3 is 1.30 bits per heavy atom. The van der Waals surface area contributed by atoms with Crippen LogP contribution in [0.2, 0.25) is 0 Å². The molecule has 5 N–H and O–H groups in total. The van der Waals surface area contributed by atoms with Crippen LogP contribution in [-0.2, 0) is 57.5 Å². The number of ether oxygens (including phenoxy) is 1. The first kappa shape index (κ1) is 74.2. The summed E-state index contributed by atoms with van der Waals surface area (Å²) in [7, 11) is 9.89. The van der Waals surface area contributed by atoms with E-state index in [2.05, 4.69) is 21.3 Å². The smallest absolute Gasteiger partial charge is 0.248 e. The molecule has 0 bridgehead atoms. The summed E-state index contributed by atoms with van der Waals surface area (Å²) in [5, 5.41) is 22.0. The molecule has 0 spiro atoms. The zero-order valence-corrected chi connectivity index (χ0v) is 54.9. The molecule has 0 saturated carbocycles. The summed E-state index contributed by atoms with van der Waals surface area (Å²) < 4.78 is 6.12. The largest absolute Gasteiger partial charge is 0.391 e. The van der Waals surface area contributed by atoms with Crippen molar-refractivity contribution in [3.05, 3.63) is 0 Å². The summed E-state index contributed by atoms with van der Waals surface area (Å²) >= 11 is 0. The molecule has 24 nitrogen and oxygen atoms in total. The number of nitrogens with zero attached hydrogens (tertiary/aromatic N) is 7. The van der Waals surface area contributed by atoms with Crippen LogP contribution in [0.3, 0.4) is 0 Å². The van der Waals surface area contributed by atoms with Crippen LogP contribution in [0.25, 0.3) is 0 Å². The maximum absolute atomic E-state index is 15.1. The van der Waals surface area contributed by atoms with Gasteiger partial charge in [-0.05, 0) is 94.3 Å². The SMILES string of the molecule is CC(C)C[C@@H]1C(=O)N[C@H](C)C(=O)N[C@@H](C)C(=O)N(C)[C@@H](CC(C)C)C(=O)N(C)[C@H](CC(C)C)C(=O)N(C)[C@H](C(C)C)C(=O)N(C)[C@H]([C@@H]2OCC[C@H]2C)C(=O)N[C@H]([C@@H](C)O)C(=O)N(C)CC(=O)N(C)[C@@H](CC(C)C)C(=O)N[C@H](C(C)C)C(=O)N1C. The van der Waals surface area contributed by atoms with E-state index in [-0.39, 0.29) is 61.9 Å². The van der Waals surface area contributed by atoms with Crippen LogP contribution in [0.15, 0.2) is 0 Å². The van der Waals surface area contributed by atoms with Crippen molar-refractivity contribution in [1.82, 2.24) is 55.6 Å². The van der Waals surface area contributed by atoms with Crippen molar-refractivity contribution in [3.8, 4) is 0 Å². The van der Waals surface area contributed by atoms with Crippen LogP contribution < -0.4 is 21.3 Å². The third-order valence-electron chi connectivity index (χ3n) is 16.2. The lowest BCUT2D eigenvalue weighted by atomic mass is 9.93. The fourth-order valence-electron chi connectivity index (χ4n) is 11.0. The van der Waals surface area contributed by atoms with E-state index in [1.54, 1.807) is 27.7 Å². The van der Waals surface area contributed by atoms with E-state index >= 15 is 9.59 Å². The van der Waals surface area contributed by atoms with Gasteiger partial charge in [-0.2, -0.15) is 0 Å². The number of hydrogen-bond acceptors (Lipinski definition) is 13. The van der Waals surface area contributed by atoms with Crippen LogP contribution in [0, 0.1) is 41.4 Å². The first-order chi connectivity index (χ1) is 38.7. The van der Waals surface area contributed by atoms with Crippen molar-refractivity contribution >= 4 is 65.0 Å². The molecule has 480 valence electrons. The van der Waals surface area contributed by atoms with Gasteiger partial charge in [0.2, 0.25) is 65.0 Å². The fraction of sp³-hybridized carbons (Fsp3) is 0.817. The summed E-state index contributed by atoms with van der Waals surface area (Å²) in [4.78, 5) is 169. The topological polar surface area (TPSA) is 288 Å². The number of carbonyl (C=O) groups excluding carboxylic acids is 11. The normalized spacial score (nSPS) is 29.3. The number of likely N-dealkylation sites (N-methyl/N-ethyl adjacent to an activating group) is 7. The van der Waals surface area contributed by atoms with E-state index in [1.807, 2.05) is 62.3 Å². The number of rotatable bonds is 12. The van der Waals surface area contributed by atoms with Gasteiger partial charge in [0.05, 0.1) is 18.8 Å². The fourth-order valence-corrected chi connectivity index (χ4v) is 11.0. The van der Waals surface area contributed by atoms with E-state index in [0.717, 1.165) is 4.90 Å². The second-order valence-corrected chi connectivity index (χ2v) is 26.2. The predicted octanol–water partition coefficient (Wildman–Crippen LogP) is 1.70. The van der Waals surface area contributed by atoms with Crippen molar-refractivity contribution in [2.24, 2.45) is 41.4 Å². The molecule has 0 aromatic heterocycles. The average molecular weight is 1190 g/mol. The molecular formula is C60H107N11O13. The standard InChI is InChI=1S/C60H107N11O13/c1-31(2)26-41-53(76)63-46(35(9)10)59(82)67(19)42(27-32(3)4)52(75)61-38(14)51(74)62-39(15)55(78)68(20)43(28-33(5)6)56(79)69(21)44(29-34(7)8)57(80)70(22)48(36(11)12)60(83)71(23)49(50-37(13)24-25-84-50)54(77)64-47(40(16)72)58(81)65(17)30-45(73)66(41)18/h31-44,46-50,72H,24-30H2,1-23H3,(H,61,75)(H,62,74)(H,63,76)(H,64,77)/t37-,38-,39+,40-,41+,42-,43+,44-,46-,47-,48-,49-,50-/m1/s1. The molecule has 11 amide bonds. The Hall–Kier alpha value is -5.91. The highest BCUT2D eigenvalue weighted by Gasteiger charge is 2.47. The molecule has 0 aromatic rings. The molecule has 2 rings (SSSR count). The minimum atomic E-state index is -1.65. The molecule has 0 radical (unpaired) electrons. The van der Waals surface area contributed by atoms with Gasteiger partial charge in [-0.25, -0.2) is 0 Å². The minimum Gasteiger partial charge on any atom is -0.391 e. The van der Waals surface area contributed by atoms with Gasteiger partial charge in [0.1, 0.15) is 60.4 Å². The average Bonchev–Trinajstić information content (AvgIpc) is 3.82. The number of carbonyl (C=O) groups is 11. The number of amides is 11. The molecular weight excluding hydrogens is 1080 g/mol. The van der Waals surface area contributed by atoms with Gasteiger partial charge in [-0.1, -0.05) is 90.0 Å². The highest BCUT2D eigenvalue weighted by molar-refractivity contribution is 5.99. The summed E-state index contributed by atoms with van der Waals surface area (Å²) in [6, 6.07) is -12.5. The third-order valence-corrected chi connectivity index (χ3v) is 16.2. The summed E-state index contributed by atoms with van der Waals surface area (Å²) in [5.74, 6) is -9.55. The Bertz CT molecular complexity index is 2310. The Morgan fingerprint density at radius 1 is 0.440 bits per heavy atom. The number of nitrogens with one attached hydrogen (secondary N) is 4. The molecule has 2 saturated heterocycles. The lowest BCUT2D eigenvalue weighted by molar-refractivity contribution is -0.157. The van der Waals surface area contributed by atoms with Gasteiger partial charge in [-0.3, -0.25) is 52.7 Å². The van der Waals surface area contributed by atoms with E-state index in [0.29, 0.717) is 6.42 Å². The van der Waals surface area contributed by atoms with Crippen molar-refractivity contribution in [3.63, 3.8) is 0 Å². The molecule has 0 aliphatic carbocycles. The molecule has 2 fully saturated rings. The van der Waals surface area contributed by atoms with Crippen LogP contribution in [-0.4, -0.2) is 239 Å². The number of aliphatic hydroxyl groups is 1. The van der Waals surface area contributed by atoms with Gasteiger partial charge in [-0.15, -0.1) is 0 Å². The molecule has 24 heteroatoms. The van der Waals surface area contributed by atoms with E-state index in [9.17, 15) is 48.3 Å². The number of aliphatic hydroxyl groups excluding tert-OH is 1. The molecule has 0 unspecified atom stereocenters. The van der Waals surface area contributed by atoms with Crippen molar-refractivity contribution < 1.29 is 62.6 Å². The number of hydrogen-bond donors (Lipinski definition) is 5. The van der Waals surface area contributed by atoms with Crippen LogP contribution in [0.4, 0.5) is 0 Å². The lowest BCUT2D eigenvalue weighted by Gasteiger charge is -2.41. The Kier molecular flexibility index (Phi) is 28.8. The molecule has 0 aromatic carbocycles. The zero-order valence-electron chi connectivity index (χ0n) is 54.9. The molecule has 13 atom stereocenters. The zero-order chi connectivity index (χ0) is 64.8. The Labute approximate surface area is 500 Å². The highest BCUT2D eigenvalue weighted by Crippen LogP contribution is 2.29. The van der Waals surface area contributed by atoms with Gasteiger partial charge in [0.25, 0.3) is 0 Å². The highest BCUT2D eigenvalue weighted by atomic mass is 16.5. The van der Waals surface area contributed by atoms with Crippen LogP contribution in [0.1, 0.15) is 143 Å². The monoisotopic (exact) mass is 1190 g/mol. The maximum atomic E-state index is 15.1. The van der Waals surface area contributed by atoms with Crippen molar-refractivity contribution in [2.45, 2.75) is 216 Å². The Balaban J connectivity index is 2.95. The quantitative estimate of drug-likeness (QED) is 0.186. The van der Waals surface area contributed by atoms with E-state index in [4.69, 9.17) is 4.74 Å². The third kappa shape index (κ3) is 19.6. The first-order valence-electron chi connectivity index (χ1n) is 30.1. The Morgan fingerprint density at radius 2 is 0.857 bits per heavy atom. The molecule has 2 aliphatic heterocycles. The van der Waals surface area contributed by atoms with Crippen molar-refractivity contribution in [1.29, 1.82) is 0 Å². The molecule has 84 heavy (non-hydrogen) atoms. The van der Waals surface area contributed by atoms with Gasteiger partial charge in [0.15, 0.2) is 0 Å². The van der Waals surface area contributed by atoms with Gasteiger partial charge >= 0.3 is 0 Å². The van der Waals surface area contributed by atoms with Gasteiger partial charge in [0, 0.05) is 55.9 Å². The minimum absolute atomic E-state index is 0.134. The predicted molar refractivity (Wildman–Crippen MR) is 319 cm³/mol. The summed E-state index contributed by atoms with van der Waals surface area (Å²) in [5.41, 5.74) is 0. The van der Waals surface area contributed by atoms with E-state index < -0.39 is 156 Å². The first-order valence-corrected chi connectivity index (χ1v) is 30.1. The van der Waals surface area contributed by atoms with Crippen LogP contribution in [0.5, 0.6) is 0 Å². The molecule has 2 aliphatic rings. The van der Waals surface area contributed by atoms with E-state index in [1.165, 1.54) is 99.5 Å². The maximum Gasteiger partial charge on any atom is 0.248 e. The molecule has 2 heterocycles. The summed E-state index contributed by atoms with van der Waals surface area (Å²) in [6.45, 7) is 27.5. The second kappa shape index (κ2) is 32.6. The second-order valence-electron chi connectivity index (χ2n) is 26.2.